The first-order valence-corrected chi connectivity index (χ1v) is 7.47. The topological polar surface area (TPSA) is 62.1 Å². The molecule has 114 valence electrons. The lowest BCUT2D eigenvalue weighted by Gasteiger charge is -2.26. The maximum absolute atomic E-state index is 12.2. The van der Waals surface area contributed by atoms with E-state index in [1.54, 1.807) is 24.3 Å². The fraction of sp³-hybridized carbons (Fsp3) is 0.111. The molecule has 0 fully saturated rings. The number of rotatable bonds is 3. The van der Waals surface area contributed by atoms with Gasteiger partial charge in [0.15, 0.2) is 11.4 Å². The van der Waals surface area contributed by atoms with Gasteiger partial charge in [0.1, 0.15) is 12.2 Å². The summed E-state index contributed by atoms with van der Waals surface area (Å²) in [6.07, 6.45) is -0.255. The number of nitriles is 1. The van der Waals surface area contributed by atoms with Crippen molar-refractivity contribution in [3.63, 3.8) is 0 Å². The lowest BCUT2D eigenvalue weighted by Crippen LogP contribution is -2.23. The van der Waals surface area contributed by atoms with E-state index in [0.29, 0.717) is 10.7 Å². The van der Waals surface area contributed by atoms with Crippen LogP contribution in [0.25, 0.3) is 0 Å². The van der Waals surface area contributed by atoms with Crippen molar-refractivity contribution in [1.29, 1.82) is 5.26 Å². The Morgan fingerprint density at radius 2 is 1.83 bits per heavy atom. The molecule has 1 heterocycles. The second kappa shape index (κ2) is 6.55. The van der Waals surface area contributed by atoms with Crippen molar-refractivity contribution in [1.82, 2.24) is 0 Å². The molecule has 1 atom stereocenters. The smallest absolute Gasteiger partial charge is 0.213 e. The standard InChI is InChI=1S/C18H13ClN2O2/c19-13-6-8-14(9-7-13)21-18-15(11-20)16(22)10-17(23-18)12-4-2-1-3-5-12/h1-9,17,21H,10H2. The van der Waals surface area contributed by atoms with E-state index in [2.05, 4.69) is 5.32 Å². The normalized spacial score (nSPS) is 17.4. The van der Waals surface area contributed by atoms with E-state index in [0.717, 1.165) is 5.56 Å². The summed E-state index contributed by atoms with van der Waals surface area (Å²) in [4.78, 5) is 12.2. The molecular weight excluding hydrogens is 312 g/mol. The van der Waals surface area contributed by atoms with E-state index in [1.807, 2.05) is 36.4 Å². The molecule has 1 aliphatic heterocycles. The minimum absolute atomic E-state index is 0.00660. The number of nitrogens with zero attached hydrogens (tertiary/aromatic N) is 1. The zero-order chi connectivity index (χ0) is 16.2. The van der Waals surface area contributed by atoms with Crippen LogP contribution in [0.15, 0.2) is 66.1 Å². The van der Waals surface area contributed by atoms with Crippen LogP contribution in [0.3, 0.4) is 0 Å². The highest BCUT2D eigenvalue weighted by Gasteiger charge is 2.30. The molecule has 0 spiro atoms. The Morgan fingerprint density at radius 1 is 1.13 bits per heavy atom. The van der Waals surface area contributed by atoms with Crippen molar-refractivity contribution in [2.24, 2.45) is 0 Å². The molecule has 0 amide bonds. The van der Waals surface area contributed by atoms with Gasteiger partial charge in [0.05, 0.1) is 6.42 Å². The number of allylic oxidation sites excluding steroid dienone is 1. The van der Waals surface area contributed by atoms with Crippen LogP contribution < -0.4 is 5.32 Å². The molecule has 0 radical (unpaired) electrons. The summed E-state index contributed by atoms with van der Waals surface area (Å²) < 4.78 is 5.87. The minimum Gasteiger partial charge on any atom is -0.469 e. The first-order valence-electron chi connectivity index (χ1n) is 7.09. The van der Waals surface area contributed by atoms with Crippen molar-refractivity contribution >= 4 is 23.1 Å². The van der Waals surface area contributed by atoms with Crippen LogP contribution in [0.4, 0.5) is 5.69 Å². The van der Waals surface area contributed by atoms with Gasteiger partial charge in [-0.3, -0.25) is 4.79 Å². The third kappa shape index (κ3) is 3.36. The summed E-state index contributed by atoms with van der Waals surface area (Å²) in [6.45, 7) is 0. The van der Waals surface area contributed by atoms with Gasteiger partial charge in [-0.15, -0.1) is 0 Å². The lowest BCUT2D eigenvalue weighted by atomic mass is 9.98. The number of hydrogen-bond donors (Lipinski definition) is 1. The van der Waals surface area contributed by atoms with E-state index >= 15 is 0 Å². The summed E-state index contributed by atoms with van der Waals surface area (Å²) in [5, 5.41) is 12.8. The zero-order valence-corrected chi connectivity index (χ0v) is 12.9. The van der Waals surface area contributed by atoms with Crippen molar-refractivity contribution in [3.8, 4) is 6.07 Å². The Morgan fingerprint density at radius 3 is 2.48 bits per heavy atom. The van der Waals surface area contributed by atoms with Gasteiger partial charge in [0.2, 0.25) is 5.88 Å². The quantitative estimate of drug-likeness (QED) is 0.918. The van der Waals surface area contributed by atoms with Crippen LogP contribution in [-0.2, 0) is 9.53 Å². The van der Waals surface area contributed by atoms with Gasteiger partial charge in [-0.2, -0.15) is 5.26 Å². The number of Topliss-reactive ketones (excluding diaryl/α,β-unsaturated/α-hetero) is 1. The molecule has 4 nitrogen and oxygen atoms in total. The number of halogens is 1. The second-order valence-electron chi connectivity index (χ2n) is 5.09. The predicted molar refractivity (Wildman–Crippen MR) is 87.6 cm³/mol. The number of carbonyl (C=O) groups excluding carboxylic acids is 1. The van der Waals surface area contributed by atoms with E-state index in [-0.39, 0.29) is 23.7 Å². The molecule has 0 bridgehead atoms. The highest BCUT2D eigenvalue weighted by molar-refractivity contribution is 6.30. The summed E-state index contributed by atoms with van der Waals surface area (Å²) in [5.74, 6) is -0.0519. The molecule has 3 rings (SSSR count). The van der Waals surface area contributed by atoms with Crippen molar-refractivity contribution in [3.05, 3.63) is 76.6 Å². The van der Waals surface area contributed by atoms with Gasteiger partial charge in [-0.25, -0.2) is 0 Å². The Hall–Kier alpha value is -2.77. The SMILES string of the molecule is N#CC1=C(Nc2ccc(Cl)cc2)OC(c2ccccc2)CC1=O. The predicted octanol–water partition coefficient (Wildman–Crippen LogP) is 4.22. The Balaban J connectivity index is 1.90. The third-order valence-corrected chi connectivity index (χ3v) is 3.77. The van der Waals surface area contributed by atoms with E-state index in [4.69, 9.17) is 16.3 Å². The molecule has 2 aromatic rings. The molecule has 1 unspecified atom stereocenters. The molecule has 1 N–H and O–H groups in total. The van der Waals surface area contributed by atoms with Gasteiger partial charge >= 0.3 is 0 Å². The van der Waals surface area contributed by atoms with E-state index < -0.39 is 6.10 Å². The summed E-state index contributed by atoms with van der Waals surface area (Å²) >= 11 is 5.86. The van der Waals surface area contributed by atoms with Crippen LogP contribution >= 0.6 is 11.6 Å². The van der Waals surface area contributed by atoms with Crippen LogP contribution in [0.1, 0.15) is 18.1 Å². The minimum atomic E-state index is -0.407. The molecule has 0 saturated carbocycles. The summed E-state index contributed by atoms with van der Waals surface area (Å²) in [5.41, 5.74) is 1.60. The first-order chi connectivity index (χ1) is 11.2. The molecule has 23 heavy (non-hydrogen) atoms. The Bertz CT molecular complexity index is 792. The van der Waals surface area contributed by atoms with Gasteiger partial charge in [-0.05, 0) is 29.8 Å². The fourth-order valence-corrected chi connectivity index (χ4v) is 2.49. The van der Waals surface area contributed by atoms with Crippen LogP contribution in [-0.4, -0.2) is 5.78 Å². The van der Waals surface area contributed by atoms with Gasteiger partial charge < -0.3 is 10.1 Å². The molecular formula is C18H13ClN2O2. The van der Waals surface area contributed by atoms with Crippen LogP contribution in [0, 0.1) is 11.3 Å². The monoisotopic (exact) mass is 324 g/mol. The van der Waals surface area contributed by atoms with Crippen molar-refractivity contribution in [2.75, 3.05) is 5.32 Å². The molecule has 5 heteroatoms. The Labute approximate surface area is 139 Å². The van der Waals surface area contributed by atoms with Crippen molar-refractivity contribution < 1.29 is 9.53 Å². The highest BCUT2D eigenvalue weighted by atomic mass is 35.5. The number of nitrogens with one attached hydrogen (secondary N) is 1. The number of ketones is 1. The summed E-state index contributed by atoms with van der Waals surface area (Å²) in [6, 6.07) is 18.3. The largest absolute Gasteiger partial charge is 0.469 e. The average molecular weight is 325 g/mol. The molecule has 2 aromatic carbocycles. The average Bonchev–Trinajstić information content (AvgIpc) is 2.57. The molecule has 0 saturated heterocycles. The number of hydrogen-bond acceptors (Lipinski definition) is 4. The Kier molecular flexibility index (Phi) is 4.31. The van der Waals surface area contributed by atoms with Crippen molar-refractivity contribution in [2.45, 2.75) is 12.5 Å². The van der Waals surface area contributed by atoms with Crippen LogP contribution in [0.5, 0.6) is 0 Å². The summed E-state index contributed by atoms with van der Waals surface area (Å²) in [7, 11) is 0. The molecule has 0 aromatic heterocycles. The lowest BCUT2D eigenvalue weighted by molar-refractivity contribution is -0.119. The maximum Gasteiger partial charge on any atom is 0.213 e. The number of carbonyl (C=O) groups is 1. The van der Waals surface area contributed by atoms with E-state index in [9.17, 15) is 10.1 Å². The maximum atomic E-state index is 12.2. The number of anilines is 1. The number of benzene rings is 2. The molecule has 1 aliphatic rings. The zero-order valence-electron chi connectivity index (χ0n) is 12.1. The van der Waals surface area contributed by atoms with Crippen LogP contribution in [0.2, 0.25) is 5.02 Å². The third-order valence-electron chi connectivity index (χ3n) is 3.52. The van der Waals surface area contributed by atoms with E-state index in [1.165, 1.54) is 0 Å². The second-order valence-corrected chi connectivity index (χ2v) is 5.53. The number of ether oxygens (including phenoxy) is 1. The first kappa shape index (κ1) is 15.1. The highest BCUT2D eigenvalue weighted by Crippen LogP contribution is 2.32. The van der Waals surface area contributed by atoms with Gasteiger partial charge in [0, 0.05) is 10.7 Å². The van der Waals surface area contributed by atoms with Gasteiger partial charge in [-0.1, -0.05) is 41.9 Å². The fourth-order valence-electron chi connectivity index (χ4n) is 2.36. The van der Waals surface area contributed by atoms with Gasteiger partial charge in [0.25, 0.3) is 0 Å². The molecule has 0 aliphatic carbocycles.